The highest BCUT2D eigenvalue weighted by Crippen LogP contribution is 2.17. The topological polar surface area (TPSA) is 46.9 Å². The zero-order chi connectivity index (χ0) is 16.2. The van der Waals surface area contributed by atoms with Crippen LogP contribution in [0.1, 0.15) is 21.6 Å². The summed E-state index contributed by atoms with van der Waals surface area (Å²) in [7, 11) is 0. The van der Waals surface area contributed by atoms with Gasteiger partial charge in [-0.05, 0) is 47.2 Å². The van der Waals surface area contributed by atoms with Gasteiger partial charge in [-0.2, -0.15) is 5.10 Å². The van der Waals surface area contributed by atoms with Crippen LogP contribution < -0.4 is 5.32 Å². The second kappa shape index (κ2) is 6.95. The first-order chi connectivity index (χ1) is 11.1. The van der Waals surface area contributed by atoms with Crippen LogP contribution in [0.2, 0.25) is 0 Å². The third kappa shape index (κ3) is 3.79. The summed E-state index contributed by atoms with van der Waals surface area (Å²) < 4.78 is 2.74. The quantitative estimate of drug-likeness (QED) is 0.650. The van der Waals surface area contributed by atoms with Crippen LogP contribution in [0.3, 0.4) is 0 Å². The van der Waals surface area contributed by atoms with Crippen molar-refractivity contribution < 1.29 is 4.79 Å². The molecule has 0 aliphatic heterocycles. The van der Waals surface area contributed by atoms with Gasteiger partial charge < -0.3 is 5.32 Å². The molecule has 4 nitrogen and oxygen atoms in total. The highest BCUT2D eigenvalue weighted by Gasteiger charge is 2.13. The second-order valence-corrected chi connectivity index (χ2v) is 6.41. The second-order valence-electron chi connectivity index (χ2n) is 5.25. The lowest BCUT2D eigenvalue weighted by atomic mass is 10.2. The van der Waals surface area contributed by atoms with Crippen molar-refractivity contribution in [2.75, 3.05) is 5.32 Å². The van der Waals surface area contributed by atoms with Gasteiger partial charge in [0, 0.05) is 9.64 Å². The van der Waals surface area contributed by atoms with Crippen molar-refractivity contribution in [1.82, 2.24) is 9.78 Å². The van der Waals surface area contributed by atoms with Crippen molar-refractivity contribution in [3.8, 4) is 0 Å². The minimum atomic E-state index is -0.121. The lowest BCUT2D eigenvalue weighted by Gasteiger charge is -2.10. The Labute approximate surface area is 148 Å². The predicted octanol–water partition coefficient (Wildman–Crippen LogP) is 4.10. The van der Waals surface area contributed by atoms with Crippen LogP contribution in [0.5, 0.6) is 0 Å². The van der Waals surface area contributed by atoms with Crippen LogP contribution in [0, 0.1) is 10.5 Å². The fraction of sp³-hybridized carbons (Fsp3) is 0.111. The summed E-state index contributed by atoms with van der Waals surface area (Å²) >= 11 is 2.17. The summed E-state index contributed by atoms with van der Waals surface area (Å²) in [6.07, 6.45) is 0. The van der Waals surface area contributed by atoms with Crippen molar-refractivity contribution in [1.29, 1.82) is 0 Å². The first-order valence-corrected chi connectivity index (χ1v) is 8.35. The van der Waals surface area contributed by atoms with Gasteiger partial charge in [0.15, 0.2) is 0 Å². The molecule has 3 rings (SSSR count). The van der Waals surface area contributed by atoms with Crippen LogP contribution in [0.4, 0.5) is 5.82 Å². The zero-order valence-corrected chi connectivity index (χ0v) is 14.8. The number of amides is 1. The normalized spacial score (nSPS) is 10.5. The molecule has 116 valence electrons. The van der Waals surface area contributed by atoms with E-state index in [0.717, 1.165) is 14.8 Å². The minimum Gasteiger partial charge on any atom is -0.307 e. The van der Waals surface area contributed by atoms with E-state index in [-0.39, 0.29) is 5.91 Å². The van der Waals surface area contributed by atoms with Crippen molar-refractivity contribution in [3.63, 3.8) is 0 Å². The van der Waals surface area contributed by atoms with Crippen molar-refractivity contribution in [2.24, 2.45) is 0 Å². The Morgan fingerprint density at radius 3 is 2.57 bits per heavy atom. The highest BCUT2D eigenvalue weighted by molar-refractivity contribution is 14.1. The van der Waals surface area contributed by atoms with Crippen molar-refractivity contribution in [3.05, 3.63) is 81.1 Å². The number of hydrogen-bond donors (Lipinski definition) is 1. The molecule has 0 unspecified atom stereocenters. The van der Waals surface area contributed by atoms with E-state index in [9.17, 15) is 4.79 Å². The Morgan fingerprint density at radius 2 is 1.83 bits per heavy atom. The van der Waals surface area contributed by atoms with Gasteiger partial charge in [-0.15, -0.1) is 0 Å². The molecule has 0 radical (unpaired) electrons. The van der Waals surface area contributed by atoms with E-state index in [1.54, 1.807) is 0 Å². The summed E-state index contributed by atoms with van der Waals surface area (Å²) in [5, 5.41) is 7.44. The van der Waals surface area contributed by atoms with Gasteiger partial charge >= 0.3 is 0 Å². The molecule has 0 aliphatic carbocycles. The van der Waals surface area contributed by atoms with Crippen LogP contribution in [0.15, 0.2) is 60.7 Å². The van der Waals surface area contributed by atoms with Crippen LogP contribution in [-0.2, 0) is 6.54 Å². The zero-order valence-electron chi connectivity index (χ0n) is 12.7. The molecule has 1 amide bonds. The van der Waals surface area contributed by atoms with Crippen LogP contribution in [0.25, 0.3) is 0 Å². The molecular formula is C18H16IN3O. The first kappa shape index (κ1) is 15.7. The van der Waals surface area contributed by atoms with Crippen LogP contribution >= 0.6 is 22.6 Å². The number of nitrogens with one attached hydrogen (secondary N) is 1. The molecule has 2 aromatic carbocycles. The maximum absolute atomic E-state index is 12.5. The molecule has 23 heavy (non-hydrogen) atoms. The number of hydrogen-bond acceptors (Lipinski definition) is 2. The third-order valence-electron chi connectivity index (χ3n) is 3.44. The van der Waals surface area contributed by atoms with E-state index in [0.29, 0.717) is 17.9 Å². The number of rotatable bonds is 4. The molecule has 0 spiro atoms. The maximum atomic E-state index is 12.5. The molecule has 0 bridgehead atoms. The fourth-order valence-corrected chi connectivity index (χ4v) is 2.98. The molecule has 1 aromatic heterocycles. The van der Waals surface area contributed by atoms with E-state index >= 15 is 0 Å². The molecule has 0 fully saturated rings. The predicted molar refractivity (Wildman–Crippen MR) is 99.6 cm³/mol. The van der Waals surface area contributed by atoms with Gasteiger partial charge in [-0.25, -0.2) is 4.68 Å². The van der Waals surface area contributed by atoms with Gasteiger partial charge in [0.25, 0.3) is 5.91 Å². The smallest absolute Gasteiger partial charge is 0.257 e. The number of aryl methyl sites for hydroxylation is 1. The van der Waals surface area contributed by atoms with E-state index in [1.165, 1.54) is 0 Å². The van der Waals surface area contributed by atoms with E-state index in [2.05, 4.69) is 33.0 Å². The van der Waals surface area contributed by atoms with Gasteiger partial charge in [0.05, 0.1) is 17.8 Å². The van der Waals surface area contributed by atoms with Gasteiger partial charge in [-0.1, -0.05) is 42.5 Å². The molecule has 1 N–H and O–H groups in total. The average Bonchev–Trinajstić information content (AvgIpc) is 2.88. The van der Waals surface area contributed by atoms with E-state index < -0.39 is 0 Å². The van der Waals surface area contributed by atoms with Crippen molar-refractivity contribution >= 4 is 34.3 Å². The fourth-order valence-electron chi connectivity index (χ4n) is 2.35. The summed E-state index contributed by atoms with van der Waals surface area (Å²) in [6, 6.07) is 19.5. The van der Waals surface area contributed by atoms with Gasteiger partial charge in [0.1, 0.15) is 5.82 Å². The molecule has 0 atom stereocenters. The third-order valence-corrected chi connectivity index (χ3v) is 4.38. The Kier molecular flexibility index (Phi) is 4.76. The van der Waals surface area contributed by atoms with Gasteiger partial charge in [0.2, 0.25) is 0 Å². The minimum absolute atomic E-state index is 0.121. The highest BCUT2D eigenvalue weighted by atomic mass is 127. The van der Waals surface area contributed by atoms with E-state index in [1.807, 2.05) is 72.3 Å². The SMILES string of the molecule is Cc1cc(NC(=O)c2ccccc2I)n(Cc2ccccc2)n1. The Hall–Kier alpha value is -2.15. The number of anilines is 1. The number of aromatic nitrogens is 2. The maximum Gasteiger partial charge on any atom is 0.257 e. The average molecular weight is 417 g/mol. The molecule has 1 heterocycles. The van der Waals surface area contributed by atoms with Gasteiger partial charge in [-0.3, -0.25) is 4.79 Å². The Bertz CT molecular complexity index is 827. The number of carbonyl (C=O) groups excluding carboxylic acids is 1. The summed E-state index contributed by atoms with van der Waals surface area (Å²) in [5.41, 5.74) is 2.68. The summed E-state index contributed by atoms with van der Waals surface area (Å²) in [5.74, 6) is 0.584. The monoisotopic (exact) mass is 417 g/mol. The Balaban J connectivity index is 1.83. The molecule has 3 aromatic rings. The number of carbonyl (C=O) groups is 1. The largest absolute Gasteiger partial charge is 0.307 e. The molecule has 0 saturated heterocycles. The number of benzene rings is 2. The molecular weight excluding hydrogens is 401 g/mol. The van der Waals surface area contributed by atoms with E-state index in [4.69, 9.17) is 0 Å². The van der Waals surface area contributed by atoms with Crippen LogP contribution in [-0.4, -0.2) is 15.7 Å². The first-order valence-electron chi connectivity index (χ1n) is 7.28. The van der Waals surface area contributed by atoms with Crippen molar-refractivity contribution in [2.45, 2.75) is 13.5 Å². The lowest BCUT2D eigenvalue weighted by Crippen LogP contribution is -2.17. The standard InChI is InChI=1S/C18H16IN3O/c1-13-11-17(20-18(23)15-9-5-6-10-16(15)19)22(21-13)12-14-7-3-2-4-8-14/h2-11H,12H2,1H3,(H,20,23). The molecule has 0 saturated carbocycles. The summed E-state index contributed by atoms with van der Waals surface area (Å²) in [4.78, 5) is 12.5. The molecule has 5 heteroatoms. The Morgan fingerprint density at radius 1 is 1.13 bits per heavy atom. The number of nitrogens with zero attached hydrogens (tertiary/aromatic N) is 2. The lowest BCUT2D eigenvalue weighted by molar-refractivity contribution is 0.102. The molecule has 0 aliphatic rings. The number of halogens is 1. The summed E-state index contributed by atoms with van der Waals surface area (Å²) in [6.45, 7) is 2.54.